The van der Waals surface area contributed by atoms with Crippen LogP contribution in [0.4, 0.5) is 0 Å². The predicted molar refractivity (Wildman–Crippen MR) is 67.2 cm³/mol. The summed E-state index contributed by atoms with van der Waals surface area (Å²) >= 11 is 0. The standard InChI is InChI=1S/C6H13NO2.C6H10O3/c1-4(2)3-5(7)6(8)9;1-3-4(2)5(7)6(8)9/h4-5H,3,7H2,1-2H3,(H,8,9);4H,3H2,1-2H3,(H,8,9). The first-order chi connectivity index (χ1) is 8.13. The van der Waals surface area contributed by atoms with Crippen LogP contribution in [0.15, 0.2) is 0 Å². The van der Waals surface area contributed by atoms with Crippen LogP contribution in [0.5, 0.6) is 0 Å². The first-order valence-corrected chi connectivity index (χ1v) is 5.88. The van der Waals surface area contributed by atoms with Crippen LogP contribution in [0.2, 0.25) is 0 Å². The number of hydrogen-bond acceptors (Lipinski definition) is 4. The van der Waals surface area contributed by atoms with Gasteiger partial charge < -0.3 is 15.9 Å². The van der Waals surface area contributed by atoms with Crippen LogP contribution < -0.4 is 5.73 Å². The molecule has 6 nitrogen and oxygen atoms in total. The largest absolute Gasteiger partial charge is 0.480 e. The van der Waals surface area contributed by atoms with Crippen LogP contribution in [0, 0.1) is 11.8 Å². The number of carbonyl (C=O) groups is 3. The summed E-state index contributed by atoms with van der Waals surface area (Å²) < 4.78 is 0. The van der Waals surface area contributed by atoms with Gasteiger partial charge in [-0.3, -0.25) is 9.59 Å². The maximum absolute atomic E-state index is 10.5. The number of carboxylic acids is 2. The van der Waals surface area contributed by atoms with Gasteiger partial charge in [-0.25, -0.2) is 4.79 Å². The molecule has 4 N–H and O–H groups in total. The van der Waals surface area contributed by atoms with E-state index in [-0.39, 0.29) is 5.92 Å². The van der Waals surface area contributed by atoms with Gasteiger partial charge >= 0.3 is 11.9 Å². The SMILES string of the molecule is CC(C)CC(N)C(=O)O.CCC(C)C(=O)C(=O)O. The average molecular weight is 261 g/mol. The van der Waals surface area contributed by atoms with Crippen LogP contribution in [0.1, 0.15) is 40.5 Å². The van der Waals surface area contributed by atoms with Gasteiger partial charge in [-0.05, 0) is 18.8 Å². The van der Waals surface area contributed by atoms with Crippen molar-refractivity contribution in [1.82, 2.24) is 0 Å². The third-order valence-corrected chi connectivity index (χ3v) is 2.31. The van der Waals surface area contributed by atoms with E-state index in [1.54, 1.807) is 13.8 Å². The van der Waals surface area contributed by atoms with Crippen molar-refractivity contribution in [1.29, 1.82) is 0 Å². The fourth-order valence-corrected chi connectivity index (χ4v) is 1.00. The summed E-state index contributed by atoms with van der Waals surface area (Å²) in [6.07, 6.45) is 1.14. The molecule has 0 saturated carbocycles. The lowest BCUT2D eigenvalue weighted by atomic mass is 10.0. The van der Waals surface area contributed by atoms with E-state index in [2.05, 4.69) is 0 Å². The average Bonchev–Trinajstić information content (AvgIpc) is 2.26. The highest BCUT2D eigenvalue weighted by atomic mass is 16.4. The first-order valence-electron chi connectivity index (χ1n) is 5.88. The maximum Gasteiger partial charge on any atom is 0.372 e. The van der Waals surface area contributed by atoms with E-state index < -0.39 is 23.8 Å². The Morgan fingerprint density at radius 1 is 1.11 bits per heavy atom. The Hall–Kier alpha value is -1.43. The molecule has 0 saturated heterocycles. The monoisotopic (exact) mass is 261 g/mol. The normalized spacial score (nSPS) is 13.2. The van der Waals surface area contributed by atoms with Crippen molar-refractivity contribution in [2.75, 3.05) is 0 Å². The Bertz CT molecular complexity index is 288. The molecule has 0 rings (SSSR count). The van der Waals surface area contributed by atoms with Gasteiger partial charge in [-0.15, -0.1) is 0 Å². The molecule has 2 unspecified atom stereocenters. The van der Waals surface area contributed by atoms with Gasteiger partial charge in [0, 0.05) is 5.92 Å². The predicted octanol–water partition coefficient (Wildman–Crippen LogP) is 1.13. The highest BCUT2D eigenvalue weighted by molar-refractivity contribution is 6.33. The van der Waals surface area contributed by atoms with Crippen molar-refractivity contribution >= 4 is 17.7 Å². The van der Waals surface area contributed by atoms with E-state index >= 15 is 0 Å². The molecular weight excluding hydrogens is 238 g/mol. The molecule has 6 heteroatoms. The quantitative estimate of drug-likeness (QED) is 0.617. The Morgan fingerprint density at radius 3 is 1.67 bits per heavy atom. The van der Waals surface area contributed by atoms with Crippen LogP contribution >= 0.6 is 0 Å². The van der Waals surface area contributed by atoms with E-state index in [9.17, 15) is 14.4 Å². The number of ketones is 1. The summed E-state index contributed by atoms with van der Waals surface area (Å²) in [6, 6.07) is -0.690. The van der Waals surface area contributed by atoms with E-state index in [1.807, 2.05) is 13.8 Å². The van der Waals surface area contributed by atoms with Crippen molar-refractivity contribution in [2.45, 2.75) is 46.6 Å². The molecule has 0 aliphatic carbocycles. The van der Waals surface area contributed by atoms with Crippen LogP contribution in [-0.4, -0.2) is 34.0 Å². The van der Waals surface area contributed by atoms with Crippen LogP contribution in [-0.2, 0) is 14.4 Å². The Balaban J connectivity index is 0. The third-order valence-electron chi connectivity index (χ3n) is 2.31. The molecule has 0 aliphatic heterocycles. The van der Waals surface area contributed by atoms with E-state index in [0.29, 0.717) is 18.8 Å². The highest BCUT2D eigenvalue weighted by Gasteiger charge is 2.17. The topological polar surface area (TPSA) is 118 Å². The zero-order valence-electron chi connectivity index (χ0n) is 11.3. The van der Waals surface area contributed by atoms with E-state index in [4.69, 9.17) is 15.9 Å². The first kappa shape index (κ1) is 18.9. The lowest BCUT2D eigenvalue weighted by molar-refractivity contribution is -0.150. The number of rotatable bonds is 6. The molecule has 2 atom stereocenters. The summed E-state index contributed by atoms with van der Waals surface area (Å²) in [5.41, 5.74) is 5.22. The van der Waals surface area contributed by atoms with Gasteiger partial charge in [0.15, 0.2) is 0 Å². The van der Waals surface area contributed by atoms with Gasteiger partial charge in [-0.2, -0.15) is 0 Å². The third kappa shape index (κ3) is 9.77. The van der Waals surface area contributed by atoms with Gasteiger partial charge in [0.25, 0.3) is 0 Å². The van der Waals surface area contributed by atoms with Crippen molar-refractivity contribution in [2.24, 2.45) is 17.6 Å². The minimum Gasteiger partial charge on any atom is -0.480 e. The molecule has 0 aliphatic rings. The second-order valence-electron chi connectivity index (χ2n) is 4.55. The maximum atomic E-state index is 10.5. The number of carboxylic acid groups (broad SMARTS) is 2. The molecule has 0 amide bonds. The van der Waals surface area contributed by atoms with E-state index in [1.165, 1.54) is 0 Å². The molecule has 0 aromatic rings. The fraction of sp³-hybridized carbons (Fsp3) is 0.750. The molecule has 0 spiro atoms. The fourth-order valence-electron chi connectivity index (χ4n) is 1.00. The number of nitrogens with two attached hydrogens (primary N) is 1. The molecule has 0 heterocycles. The zero-order chi connectivity index (χ0) is 14.9. The molecule has 106 valence electrons. The zero-order valence-corrected chi connectivity index (χ0v) is 11.3. The van der Waals surface area contributed by atoms with Gasteiger partial charge in [0.05, 0.1) is 0 Å². The molecular formula is C12H23NO5. The second-order valence-corrected chi connectivity index (χ2v) is 4.55. The minimum atomic E-state index is -1.33. The molecule has 0 fully saturated rings. The van der Waals surface area contributed by atoms with Crippen molar-refractivity contribution in [3.05, 3.63) is 0 Å². The Kier molecular flexibility index (Phi) is 10.1. The number of carbonyl (C=O) groups excluding carboxylic acids is 1. The molecule has 0 bridgehead atoms. The second kappa shape index (κ2) is 9.58. The van der Waals surface area contributed by atoms with Gasteiger partial charge in [0.1, 0.15) is 6.04 Å². The summed E-state index contributed by atoms with van der Waals surface area (Å²) in [7, 11) is 0. The van der Waals surface area contributed by atoms with Crippen molar-refractivity contribution < 1.29 is 24.6 Å². The summed E-state index contributed by atoms with van der Waals surface area (Å²) in [6.45, 7) is 7.29. The molecule has 0 aromatic heterocycles. The van der Waals surface area contributed by atoms with Gasteiger partial charge in [0.2, 0.25) is 5.78 Å². The van der Waals surface area contributed by atoms with E-state index in [0.717, 1.165) is 0 Å². The molecule has 0 aromatic carbocycles. The van der Waals surface area contributed by atoms with Crippen LogP contribution in [0.3, 0.4) is 0 Å². The highest BCUT2D eigenvalue weighted by Crippen LogP contribution is 2.02. The smallest absolute Gasteiger partial charge is 0.372 e. The summed E-state index contributed by atoms with van der Waals surface area (Å²) in [5, 5.41) is 16.4. The Morgan fingerprint density at radius 2 is 1.56 bits per heavy atom. The summed E-state index contributed by atoms with van der Waals surface area (Å²) in [4.78, 5) is 30.5. The Labute approximate surface area is 107 Å². The van der Waals surface area contributed by atoms with Crippen molar-refractivity contribution in [3.63, 3.8) is 0 Å². The molecule has 0 radical (unpaired) electrons. The molecule has 18 heavy (non-hydrogen) atoms. The van der Waals surface area contributed by atoms with Crippen molar-refractivity contribution in [3.8, 4) is 0 Å². The summed E-state index contributed by atoms with van der Waals surface area (Å²) in [5.74, 6) is -2.93. The number of hydrogen-bond donors (Lipinski definition) is 3. The lowest BCUT2D eigenvalue weighted by Crippen LogP contribution is -2.31. The number of Topliss-reactive ketones (excluding diaryl/α,β-unsaturated/α-hetero) is 1. The minimum absolute atomic E-state index is 0.345. The van der Waals surface area contributed by atoms with Gasteiger partial charge in [-0.1, -0.05) is 27.7 Å². The lowest BCUT2D eigenvalue weighted by Gasteiger charge is -2.07. The number of aliphatic carboxylic acids is 2. The van der Waals surface area contributed by atoms with Crippen LogP contribution in [0.25, 0.3) is 0 Å².